The lowest BCUT2D eigenvalue weighted by Gasteiger charge is -2.65. The predicted octanol–water partition coefficient (Wildman–Crippen LogP) is 7.26. The second-order valence-electron chi connectivity index (χ2n) is 37.6. The molecule has 1 aromatic heterocycles. The summed E-state index contributed by atoms with van der Waals surface area (Å²) in [5.74, 6) is -5.16. The number of aliphatic hydroxyl groups is 8. The Hall–Kier alpha value is -8.47. The molecule has 13 N–H and O–H groups in total. The minimum atomic E-state index is -2.12. The summed E-state index contributed by atoms with van der Waals surface area (Å²) in [5, 5.41) is 101. The van der Waals surface area contributed by atoms with Gasteiger partial charge in [-0.3, -0.25) is 48.2 Å². The molecule has 4 fully saturated rings. The lowest BCUT2D eigenvalue weighted by atomic mass is 9.46. The predicted molar refractivity (Wildman–Crippen MR) is 534 cm³/mol. The third-order valence-electron chi connectivity index (χ3n) is 28.3. The number of H-pyrrole nitrogens is 1. The van der Waals surface area contributed by atoms with Gasteiger partial charge in [0.25, 0.3) is 5.91 Å². The van der Waals surface area contributed by atoms with Gasteiger partial charge in [0.2, 0.25) is 11.8 Å². The number of Topliss-reactive ketones (excluding diaryl/α,β-unsaturated/α-hetero) is 1. The van der Waals surface area contributed by atoms with Crippen LogP contribution in [0, 0.1) is 24.2 Å². The summed E-state index contributed by atoms with van der Waals surface area (Å²) in [5.41, 5.74) is 4.82. The molecular formula is C103H157N7O32S2. The minimum Gasteiger partial charge on any atom is -0.481 e. The molecule has 41 heteroatoms. The van der Waals surface area contributed by atoms with Crippen molar-refractivity contribution in [3.05, 3.63) is 112 Å². The van der Waals surface area contributed by atoms with Gasteiger partial charge in [-0.05, 0) is 182 Å². The molecule has 3 amide bonds. The number of hydrogen-bond acceptors (Lipinski definition) is 36. The summed E-state index contributed by atoms with van der Waals surface area (Å²) in [7, 11) is 9.13. The maximum Gasteiger partial charge on any atom is 0.373 e. The van der Waals surface area contributed by atoms with Crippen molar-refractivity contribution in [3.8, 4) is 0 Å². The highest BCUT2D eigenvalue weighted by Gasteiger charge is 2.80. The Morgan fingerprint density at radius 2 is 1.20 bits per heavy atom. The van der Waals surface area contributed by atoms with Crippen LogP contribution in [0.1, 0.15) is 227 Å². The van der Waals surface area contributed by atoms with Crippen LogP contribution in [0.2, 0.25) is 0 Å². The van der Waals surface area contributed by atoms with Gasteiger partial charge in [-0.15, -0.1) is 0 Å². The van der Waals surface area contributed by atoms with Gasteiger partial charge in [0, 0.05) is 155 Å². The molecule has 7 aliphatic rings. The fourth-order valence-corrected chi connectivity index (χ4v) is 22.5. The Kier molecular flexibility index (Phi) is 51.2. The van der Waals surface area contributed by atoms with E-state index in [1.165, 1.54) is 57.6 Å². The van der Waals surface area contributed by atoms with E-state index in [2.05, 4.69) is 119 Å². The van der Waals surface area contributed by atoms with Crippen LogP contribution < -0.4 is 20.9 Å². The number of benzene rings is 3. The van der Waals surface area contributed by atoms with E-state index in [4.69, 9.17) is 92.0 Å². The number of nitrogens with one attached hydrogen (secondary N) is 4. The number of nitrogens with zero attached hydrogens (tertiary/aromatic N) is 3. The number of carboxylic acids is 1. The van der Waals surface area contributed by atoms with Crippen molar-refractivity contribution in [1.29, 1.82) is 0 Å². The molecule has 144 heavy (non-hydrogen) atoms. The number of ether oxygens (including phenoxy) is 12. The van der Waals surface area contributed by atoms with Gasteiger partial charge in [0.05, 0.1) is 95.0 Å². The van der Waals surface area contributed by atoms with Crippen molar-refractivity contribution in [1.82, 2.24) is 30.7 Å². The van der Waals surface area contributed by atoms with Gasteiger partial charge in [-0.25, -0.2) is 4.79 Å². The summed E-state index contributed by atoms with van der Waals surface area (Å²) in [6.07, 6.45) is 7.58. The fraction of sp³-hybridized carbons (Fsp3) is 0.689. The molecule has 1 aliphatic carbocycles. The third-order valence-corrected chi connectivity index (χ3v) is 30.4. The second-order valence-corrected chi connectivity index (χ2v) is 40.4. The van der Waals surface area contributed by atoms with Crippen LogP contribution in [0.5, 0.6) is 0 Å². The smallest absolute Gasteiger partial charge is 0.373 e. The summed E-state index contributed by atoms with van der Waals surface area (Å²) < 4.78 is 62.1. The number of aliphatic carboxylic acids is 1. The largest absolute Gasteiger partial charge is 0.481 e. The van der Waals surface area contributed by atoms with Gasteiger partial charge in [-0.2, -0.15) is 9.59 Å². The number of fused-ring (bicyclic) bond motifs is 7. The van der Waals surface area contributed by atoms with Gasteiger partial charge in [-0.1, -0.05) is 112 Å². The number of carbonyl (C=O) groups is 9. The molecule has 808 valence electrons. The zero-order valence-corrected chi connectivity index (χ0v) is 87.8. The molecule has 16 unspecified atom stereocenters. The zero-order valence-electron chi connectivity index (χ0n) is 86.1. The lowest BCUT2D eigenvalue weighted by Crippen LogP contribution is -2.83. The number of carboxylic acid groups (broad SMARTS) is 1. The maximum atomic E-state index is 15.4. The first-order chi connectivity index (χ1) is 68.9. The van der Waals surface area contributed by atoms with E-state index in [-0.39, 0.29) is 159 Å². The number of methoxy groups -OCH3 is 4. The van der Waals surface area contributed by atoms with Crippen LogP contribution in [0.15, 0.2) is 72.8 Å². The van der Waals surface area contributed by atoms with E-state index >= 15 is 4.79 Å². The maximum absolute atomic E-state index is 15.4. The van der Waals surface area contributed by atoms with Crippen LogP contribution in [-0.2, 0) is 122 Å². The number of aromatic amines is 1. The number of rotatable bonds is 53. The molecule has 39 nitrogen and oxygen atoms in total. The second kappa shape index (κ2) is 60.3. The monoisotopic (exact) mass is 2070 g/mol. The molecule has 1 saturated carbocycles. The number of aryl methyl sites for hydroxylation is 1. The van der Waals surface area contributed by atoms with E-state index in [0.29, 0.717) is 75.3 Å². The summed E-state index contributed by atoms with van der Waals surface area (Å²) in [6.45, 7) is 23.5. The molecule has 11 rings (SSSR count). The number of piperidine rings is 2. The fourth-order valence-electron chi connectivity index (χ4n) is 20.7. The highest BCUT2D eigenvalue weighted by atomic mass is 33.1. The number of hydrogen-bond donors (Lipinski definition) is 13. The van der Waals surface area contributed by atoms with Crippen molar-refractivity contribution in [2.24, 2.45) is 17.3 Å². The highest BCUT2D eigenvalue weighted by molar-refractivity contribution is 8.76. The molecule has 4 aromatic rings. The molecule has 21 atom stereocenters. The number of ketones is 1. The first kappa shape index (κ1) is 122. The van der Waals surface area contributed by atoms with Crippen molar-refractivity contribution in [3.63, 3.8) is 0 Å². The highest BCUT2D eigenvalue weighted by Crippen LogP contribution is 2.69. The lowest BCUT2D eigenvalue weighted by molar-refractivity contribution is -0.209. The Morgan fingerprint density at radius 3 is 1.76 bits per heavy atom. The molecule has 6 aliphatic heterocycles. The Labute approximate surface area is 852 Å². The van der Waals surface area contributed by atoms with Gasteiger partial charge in [0.15, 0.2) is 36.5 Å². The van der Waals surface area contributed by atoms with Crippen LogP contribution in [-0.4, -0.2) is 352 Å². The molecule has 3 aromatic carbocycles. The summed E-state index contributed by atoms with van der Waals surface area (Å²) in [6, 6.07) is 19.0. The Morgan fingerprint density at radius 1 is 0.632 bits per heavy atom. The quantitative estimate of drug-likeness (QED) is 0.00516. The summed E-state index contributed by atoms with van der Waals surface area (Å²) in [4.78, 5) is 139. The third kappa shape index (κ3) is 32.3. The number of aromatic nitrogens is 1. The SMILES string of the molecule is CCC(CO)OC(CO)OC.CCC(CO)OC(COC(=O)CCC(=O)NCCNC(=O)c1ccc(C(C)SSC)cc1)OC.CCC(CO)OC(COC(=O)CCCC(=O)NC(C)C(=O)OCCCC1CN2c3cc(C)c([C@@]4(C)CC5CN(CCc6c4[nH]c4ccccc64)CC(O)(CC)C5)cc3[C@]34CCN5CC=C[C@](CC)(C53)[C@@H](O)[C@](O)(C1=O)C24)OC.CCC(COC(=O)CCC(=O)O)OC(CO)OC.O=C=O. The number of aliphatic hydroxyl groups excluding tert-OH is 6. The number of para-hydroxylation sites is 1. The zero-order chi connectivity index (χ0) is 106. The molecular weight excluding hydrogens is 1910 g/mol. The molecule has 2 bridgehead atoms. The standard InChI is InChI=1S/C61H85N5O12.C23H36N2O7S2.C11H20O7.C7H16O4.CO2/c1-8-41(34-67)78-50(75-7)35-77-49(69)20-13-19-48(68)62-38(5)53(71)76-27-14-16-40-33-66-47-28-37(4)44(29-45(47)60-23-26-65-24-15-22-59(10-3,54(60)65)56(72)61(74,52(40)70)55(60)66)57(6)30-39-31-58(73,9-2)36-64(32-39)25-21-43-42-17-11-12-18-46(42)63-51(43)57;1-5-19(14-26)32-22(30-3)15-31-21(28)11-10-20(27)24-12-13-25-23(29)18-8-6-17(7-9-18)16(2)34-33-4;1-3-8(18-11(6-12)16-2)7-17-10(15)5-4-9(13)14;1-3-6(4-8)11-7(5-9)10-2;2-1-3/h11-12,15,17-18,22,28-29,38-41,50,54-56,63,67,72-74H,8-10,13-14,16,19-21,23-27,30-36H2,1-7H3,(H,62,68);6-9,16,19,22,26H,5,10-15H2,1-4H3,(H,24,27)(H,25,29);8,11-12H,3-7H2,1-2H3,(H,13,14);6-9H,3-5H2,1-2H3;/t38?,39?,40?,41?,50?,54?,55?,56-,57-,58?,59-,60-,61+;;;;/m1..../s1. The van der Waals surface area contributed by atoms with E-state index < -0.39 is 131 Å². The van der Waals surface area contributed by atoms with Crippen LogP contribution in [0.3, 0.4) is 0 Å². The number of amides is 3. The van der Waals surface area contributed by atoms with Crippen molar-refractivity contribution in [2.75, 3.05) is 151 Å². The molecule has 0 radical (unpaired) electrons. The van der Waals surface area contributed by atoms with Crippen molar-refractivity contribution >= 4 is 97.7 Å². The van der Waals surface area contributed by atoms with Crippen LogP contribution >= 0.6 is 21.6 Å². The first-order valence-electron chi connectivity index (χ1n) is 50.0. The van der Waals surface area contributed by atoms with E-state index in [9.17, 15) is 58.8 Å². The van der Waals surface area contributed by atoms with E-state index in [0.717, 1.165) is 79.8 Å². The average molecular weight is 2070 g/mol. The van der Waals surface area contributed by atoms with Gasteiger partial charge < -0.3 is 129 Å². The number of carbonyl (C=O) groups excluding carboxylic acids is 10. The summed E-state index contributed by atoms with van der Waals surface area (Å²) >= 11 is 0. The molecule has 3 saturated heterocycles. The number of esters is 4. The minimum absolute atomic E-state index is 0.00874. The van der Waals surface area contributed by atoms with Crippen LogP contribution in [0.4, 0.5) is 5.69 Å². The van der Waals surface area contributed by atoms with Crippen LogP contribution in [0.25, 0.3) is 10.9 Å². The van der Waals surface area contributed by atoms with Crippen molar-refractivity contribution in [2.45, 2.75) is 292 Å². The van der Waals surface area contributed by atoms with E-state index in [1.807, 2.05) is 46.1 Å². The molecule has 7 heterocycles. The topological polar surface area (TPSA) is 542 Å². The average Bonchev–Trinajstić information content (AvgIpc) is 1.47. The Balaban J connectivity index is 0.000000347. The Bertz CT molecular complexity index is 4750. The van der Waals surface area contributed by atoms with Gasteiger partial charge in [0.1, 0.15) is 32.0 Å². The van der Waals surface area contributed by atoms with Crippen molar-refractivity contribution < 1.29 is 156 Å². The number of anilines is 1. The molecule has 1 spiro atoms. The first-order valence-corrected chi connectivity index (χ1v) is 52.6. The van der Waals surface area contributed by atoms with Gasteiger partial charge >= 0.3 is 36.0 Å². The normalized spacial score (nSPS) is 24.6. The van der Waals surface area contributed by atoms with E-state index in [1.54, 1.807) is 33.7 Å².